The number of nitrogens with zero attached hydrogens (tertiary/aromatic N) is 5. The molecule has 0 spiro atoms. The zero-order valence-electron chi connectivity index (χ0n) is 11.0. The van der Waals surface area contributed by atoms with Crippen molar-refractivity contribution in [1.82, 2.24) is 24.7 Å². The first kappa shape index (κ1) is 12.5. The van der Waals surface area contributed by atoms with E-state index in [4.69, 9.17) is 0 Å². The second-order valence-electron chi connectivity index (χ2n) is 3.83. The van der Waals surface area contributed by atoms with Crippen molar-refractivity contribution in [3.63, 3.8) is 0 Å². The van der Waals surface area contributed by atoms with Crippen LogP contribution in [0.1, 0.15) is 32.4 Å². The van der Waals surface area contributed by atoms with Crippen molar-refractivity contribution in [2.24, 2.45) is 0 Å². The number of hydrogen-bond donors (Lipinski definition) is 1. The molecule has 0 saturated carbocycles. The minimum absolute atomic E-state index is 0.616. The van der Waals surface area contributed by atoms with E-state index in [0.717, 1.165) is 36.9 Å². The topological polar surface area (TPSA) is 68.5 Å². The zero-order valence-corrected chi connectivity index (χ0v) is 11.0. The number of aromatic nitrogens is 5. The van der Waals surface area contributed by atoms with Crippen LogP contribution in [0.4, 0.5) is 5.95 Å². The average molecular weight is 246 g/mol. The summed E-state index contributed by atoms with van der Waals surface area (Å²) in [5.41, 5.74) is 0. The summed E-state index contributed by atoms with van der Waals surface area (Å²) in [6.45, 7) is 6.91. The molecule has 0 radical (unpaired) electrons. The van der Waals surface area contributed by atoms with E-state index in [-0.39, 0.29) is 0 Å². The lowest BCUT2D eigenvalue weighted by Gasteiger charge is -2.05. The Bertz CT molecular complexity index is 519. The molecule has 0 bridgehead atoms. The highest BCUT2D eigenvalue weighted by Crippen LogP contribution is 2.10. The van der Waals surface area contributed by atoms with Crippen molar-refractivity contribution in [1.29, 1.82) is 0 Å². The second-order valence-corrected chi connectivity index (χ2v) is 3.83. The van der Waals surface area contributed by atoms with Crippen LogP contribution in [0.2, 0.25) is 0 Å². The van der Waals surface area contributed by atoms with Crippen molar-refractivity contribution < 1.29 is 0 Å². The van der Waals surface area contributed by atoms with E-state index >= 15 is 0 Å². The highest BCUT2D eigenvalue weighted by atomic mass is 15.4. The van der Waals surface area contributed by atoms with E-state index in [1.165, 1.54) is 0 Å². The fraction of sp³-hybridized carbons (Fsp3) is 0.500. The van der Waals surface area contributed by atoms with Crippen LogP contribution in [0, 0.1) is 0 Å². The first-order valence-corrected chi connectivity index (χ1v) is 6.30. The molecule has 0 aliphatic carbocycles. The molecule has 0 amide bonds. The Balaban J connectivity index is 2.40. The van der Waals surface area contributed by atoms with Crippen molar-refractivity contribution in [2.75, 3.05) is 11.9 Å². The van der Waals surface area contributed by atoms with Crippen LogP contribution in [0.15, 0.2) is 12.3 Å². The first-order chi connectivity index (χ1) is 8.78. The van der Waals surface area contributed by atoms with Gasteiger partial charge in [0.1, 0.15) is 5.82 Å². The fourth-order valence-electron chi connectivity index (χ4n) is 1.66. The summed E-state index contributed by atoms with van der Waals surface area (Å²) in [6, 6.07) is 1.84. The lowest BCUT2D eigenvalue weighted by atomic mass is 10.4. The third-order valence-electron chi connectivity index (χ3n) is 2.54. The summed E-state index contributed by atoms with van der Waals surface area (Å²) >= 11 is 0. The Labute approximate surface area is 106 Å². The largest absolute Gasteiger partial charge is 0.354 e. The smallest absolute Gasteiger partial charge is 0.224 e. The van der Waals surface area contributed by atoms with E-state index in [9.17, 15) is 0 Å². The Morgan fingerprint density at radius 1 is 1.17 bits per heavy atom. The summed E-state index contributed by atoms with van der Waals surface area (Å²) in [5.74, 6) is 3.14. The summed E-state index contributed by atoms with van der Waals surface area (Å²) in [4.78, 5) is 13.1. The van der Waals surface area contributed by atoms with Crippen LogP contribution in [0.5, 0.6) is 0 Å². The van der Waals surface area contributed by atoms with Gasteiger partial charge in [-0.25, -0.2) is 9.97 Å². The summed E-state index contributed by atoms with van der Waals surface area (Å²) in [6.07, 6.45) is 3.38. The molecular weight excluding hydrogens is 228 g/mol. The molecule has 0 fully saturated rings. The monoisotopic (exact) mass is 246 g/mol. The molecule has 0 unspecified atom stereocenters. The fourth-order valence-corrected chi connectivity index (χ4v) is 1.66. The van der Waals surface area contributed by atoms with Gasteiger partial charge in [0.15, 0.2) is 11.6 Å². The Morgan fingerprint density at radius 2 is 2.00 bits per heavy atom. The van der Waals surface area contributed by atoms with Gasteiger partial charge in [-0.1, -0.05) is 13.8 Å². The van der Waals surface area contributed by atoms with Gasteiger partial charge in [0.25, 0.3) is 0 Å². The maximum absolute atomic E-state index is 4.47. The van der Waals surface area contributed by atoms with Crippen LogP contribution in [-0.4, -0.2) is 31.3 Å². The number of hydrogen-bond acceptors (Lipinski definition) is 5. The predicted octanol–water partition coefficient (Wildman–Crippen LogP) is 1.61. The molecule has 18 heavy (non-hydrogen) atoms. The van der Waals surface area contributed by atoms with Crippen LogP contribution >= 0.6 is 0 Å². The maximum atomic E-state index is 4.47. The quantitative estimate of drug-likeness (QED) is 0.868. The molecule has 1 N–H and O–H groups in total. The normalized spacial score (nSPS) is 10.6. The zero-order chi connectivity index (χ0) is 13.0. The molecule has 2 heterocycles. The van der Waals surface area contributed by atoms with Crippen LogP contribution in [-0.2, 0) is 12.8 Å². The van der Waals surface area contributed by atoms with Crippen molar-refractivity contribution in [3.8, 4) is 5.82 Å². The van der Waals surface area contributed by atoms with Gasteiger partial charge in [-0.2, -0.15) is 9.67 Å². The van der Waals surface area contributed by atoms with Crippen molar-refractivity contribution in [3.05, 3.63) is 23.9 Å². The average Bonchev–Trinajstić information content (AvgIpc) is 2.83. The lowest BCUT2D eigenvalue weighted by molar-refractivity contribution is 0.766. The SMILES string of the molecule is CCNc1nccc(-n2nc(CC)nc2CC)n1. The summed E-state index contributed by atoms with van der Waals surface area (Å²) in [5, 5.41) is 7.55. The minimum Gasteiger partial charge on any atom is -0.354 e. The number of aryl methyl sites for hydroxylation is 2. The van der Waals surface area contributed by atoms with Gasteiger partial charge in [-0.3, -0.25) is 0 Å². The van der Waals surface area contributed by atoms with Gasteiger partial charge < -0.3 is 5.32 Å². The molecule has 2 rings (SSSR count). The molecule has 6 heteroatoms. The maximum Gasteiger partial charge on any atom is 0.224 e. The number of nitrogens with one attached hydrogen (secondary N) is 1. The molecule has 0 aliphatic heterocycles. The highest BCUT2D eigenvalue weighted by molar-refractivity contribution is 5.31. The molecule has 0 atom stereocenters. The minimum atomic E-state index is 0.616. The van der Waals surface area contributed by atoms with Gasteiger partial charge in [-0.05, 0) is 6.92 Å². The van der Waals surface area contributed by atoms with Gasteiger partial charge in [0.05, 0.1) is 0 Å². The summed E-state index contributed by atoms with van der Waals surface area (Å²) in [7, 11) is 0. The lowest BCUT2D eigenvalue weighted by Crippen LogP contribution is -2.08. The number of rotatable bonds is 5. The van der Waals surface area contributed by atoms with Gasteiger partial charge in [-0.15, -0.1) is 5.10 Å². The van der Waals surface area contributed by atoms with Crippen molar-refractivity contribution in [2.45, 2.75) is 33.6 Å². The van der Waals surface area contributed by atoms with Crippen molar-refractivity contribution >= 4 is 5.95 Å². The Morgan fingerprint density at radius 3 is 2.67 bits per heavy atom. The van der Waals surface area contributed by atoms with Gasteiger partial charge in [0, 0.05) is 31.6 Å². The van der Waals surface area contributed by atoms with E-state index in [0.29, 0.717) is 5.95 Å². The van der Waals surface area contributed by atoms with E-state index in [1.807, 2.05) is 19.9 Å². The molecule has 0 saturated heterocycles. The molecule has 2 aromatic heterocycles. The molecular formula is C12H18N6. The molecule has 2 aromatic rings. The Kier molecular flexibility index (Phi) is 3.86. The third kappa shape index (κ3) is 2.47. The second kappa shape index (κ2) is 5.57. The highest BCUT2D eigenvalue weighted by Gasteiger charge is 2.10. The number of anilines is 1. The van der Waals surface area contributed by atoms with Crippen LogP contribution in [0.3, 0.4) is 0 Å². The molecule has 0 aliphatic rings. The van der Waals surface area contributed by atoms with Gasteiger partial charge in [0.2, 0.25) is 5.95 Å². The van der Waals surface area contributed by atoms with Crippen LogP contribution < -0.4 is 5.32 Å². The van der Waals surface area contributed by atoms with E-state index in [2.05, 4.69) is 32.3 Å². The molecule has 0 aromatic carbocycles. The Hall–Kier alpha value is -1.98. The molecule has 6 nitrogen and oxygen atoms in total. The van der Waals surface area contributed by atoms with E-state index in [1.54, 1.807) is 10.9 Å². The standard InChI is InChI=1S/C12H18N6/c1-4-9-15-10(5-2)18(17-9)11-7-8-14-12(16-11)13-6-3/h7-8H,4-6H2,1-3H3,(H,13,14,16). The first-order valence-electron chi connectivity index (χ1n) is 6.30. The van der Waals surface area contributed by atoms with E-state index < -0.39 is 0 Å². The van der Waals surface area contributed by atoms with Crippen LogP contribution in [0.25, 0.3) is 5.82 Å². The van der Waals surface area contributed by atoms with Gasteiger partial charge >= 0.3 is 0 Å². The molecule has 96 valence electrons. The summed E-state index contributed by atoms with van der Waals surface area (Å²) < 4.78 is 1.79. The predicted molar refractivity (Wildman–Crippen MR) is 69.9 cm³/mol. The third-order valence-corrected chi connectivity index (χ3v) is 2.54.